The Morgan fingerprint density at radius 2 is 1.68 bits per heavy atom. The highest BCUT2D eigenvalue weighted by atomic mass is 32.2. The van der Waals surface area contributed by atoms with Crippen molar-refractivity contribution in [3.05, 3.63) is 53.6 Å². The zero-order valence-electron chi connectivity index (χ0n) is 11.8. The Bertz CT molecular complexity index is 694. The molecule has 2 rings (SSSR count). The molecule has 0 aliphatic rings. The molecule has 0 radical (unpaired) electrons. The monoisotopic (exact) mass is 318 g/mol. The normalized spacial score (nSPS) is 10.2. The van der Waals surface area contributed by atoms with Gasteiger partial charge in [-0.2, -0.15) is 0 Å². The van der Waals surface area contributed by atoms with Crippen molar-refractivity contribution in [3.63, 3.8) is 0 Å². The maximum absolute atomic E-state index is 11.1. The van der Waals surface area contributed by atoms with Gasteiger partial charge in [0.05, 0.1) is 19.1 Å². The molecule has 0 aliphatic heterocycles. The molecule has 5 nitrogen and oxygen atoms in total. The minimum Gasteiger partial charge on any atom is -0.497 e. The Kier molecular flexibility index (Phi) is 5.06. The highest BCUT2D eigenvalue weighted by Gasteiger charge is 2.14. The van der Waals surface area contributed by atoms with E-state index in [0.717, 1.165) is 15.5 Å². The summed E-state index contributed by atoms with van der Waals surface area (Å²) in [6.45, 7) is 0. The van der Waals surface area contributed by atoms with E-state index in [-0.39, 0.29) is 12.0 Å². The van der Waals surface area contributed by atoms with Gasteiger partial charge in [-0.15, -0.1) is 0 Å². The van der Waals surface area contributed by atoms with Gasteiger partial charge in [-0.1, -0.05) is 11.8 Å². The van der Waals surface area contributed by atoms with Gasteiger partial charge in [0.1, 0.15) is 5.75 Å². The van der Waals surface area contributed by atoms with Gasteiger partial charge in [0.2, 0.25) is 0 Å². The first-order valence-electron chi connectivity index (χ1n) is 6.39. The molecule has 0 amide bonds. The van der Waals surface area contributed by atoms with Gasteiger partial charge in [0.25, 0.3) is 0 Å². The third kappa shape index (κ3) is 4.02. The number of benzene rings is 2. The van der Waals surface area contributed by atoms with Gasteiger partial charge in [-0.25, -0.2) is 4.79 Å². The SMILES string of the molecule is COc1ccc(Sc2ccc(C(=O)O)c(CC(=O)O)c2)cc1. The Morgan fingerprint density at radius 1 is 1.05 bits per heavy atom. The highest BCUT2D eigenvalue weighted by molar-refractivity contribution is 7.99. The van der Waals surface area contributed by atoms with E-state index in [4.69, 9.17) is 14.9 Å². The Balaban J connectivity index is 2.27. The molecule has 0 saturated heterocycles. The predicted octanol–water partition coefficient (Wildman–Crippen LogP) is 3.17. The second-order valence-corrected chi connectivity index (χ2v) is 5.62. The van der Waals surface area contributed by atoms with Crippen LogP contribution in [0, 0.1) is 0 Å². The number of hydrogen-bond donors (Lipinski definition) is 2. The van der Waals surface area contributed by atoms with Crippen LogP contribution in [0.4, 0.5) is 0 Å². The summed E-state index contributed by atoms with van der Waals surface area (Å²) in [5.41, 5.74) is 0.306. The molecule has 2 aromatic carbocycles. The number of hydrogen-bond acceptors (Lipinski definition) is 4. The highest BCUT2D eigenvalue weighted by Crippen LogP contribution is 2.30. The number of carboxylic acids is 2. The maximum atomic E-state index is 11.1. The first-order valence-corrected chi connectivity index (χ1v) is 7.21. The van der Waals surface area contributed by atoms with Crippen LogP contribution in [-0.2, 0) is 11.2 Å². The number of rotatable bonds is 6. The third-order valence-corrected chi connectivity index (χ3v) is 3.94. The van der Waals surface area contributed by atoms with Crippen LogP contribution in [0.25, 0.3) is 0 Å². The molecule has 6 heteroatoms. The van der Waals surface area contributed by atoms with E-state index >= 15 is 0 Å². The molecule has 0 aliphatic carbocycles. The van der Waals surface area contributed by atoms with Crippen LogP contribution in [-0.4, -0.2) is 29.3 Å². The lowest BCUT2D eigenvalue weighted by atomic mass is 10.1. The van der Waals surface area contributed by atoms with Crippen molar-refractivity contribution < 1.29 is 24.5 Å². The average molecular weight is 318 g/mol. The van der Waals surface area contributed by atoms with Crippen LogP contribution in [0.2, 0.25) is 0 Å². The van der Waals surface area contributed by atoms with Crippen LogP contribution in [0.1, 0.15) is 15.9 Å². The van der Waals surface area contributed by atoms with E-state index in [2.05, 4.69) is 0 Å². The molecule has 114 valence electrons. The van der Waals surface area contributed by atoms with Crippen LogP contribution in [0.3, 0.4) is 0 Å². The number of ether oxygens (including phenoxy) is 1. The molecule has 0 bridgehead atoms. The van der Waals surface area contributed by atoms with Crippen LogP contribution >= 0.6 is 11.8 Å². The van der Waals surface area contributed by atoms with Crippen molar-refractivity contribution in [1.29, 1.82) is 0 Å². The Morgan fingerprint density at radius 3 is 2.23 bits per heavy atom. The molecule has 0 unspecified atom stereocenters. The van der Waals surface area contributed by atoms with Crippen molar-refractivity contribution in [1.82, 2.24) is 0 Å². The zero-order chi connectivity index (χ0) is 16.1. The van der Waals surface area contributed by atoms with Crippen molar-refractivity contribution >= 4 is 23.7 Å². The molecule has 0 spiro atoms. The summed E-state index contributed by atoms with van der Waals surface area (Å²) in [5.74, 6) is -1.44. The quantitative estimate of drug-likeness (QED) is 0.851. The molecular formula is C16H14O5S. The van der Waals surface area contributed by atoms with Crippen molar-refractivity contribution in [3.8, 4) is 5.75 Å². The second-order valence-electron chi connectivity index (χ2n) is 4.47. The summed E-state index contributed by atoms with van der Waals surface area (Å²) >= 11 is 1.43. The largest absolute Gasteiger partial charge is 0.497 e. The Hall–Kier alpha value is -2.47. The number of carboxylic acid groups (broad SMARTS) is 2. The van der Waals surface area contributed by atoms with Gasteiger partial charge in [-0.05, 0) is 48.0 Å². The molecular weight excluding hydrogens is 304 g/mol. The fourth-order valence-corrected chi connectivity index (χ4v) is 2.81. The van der Waals surface area contributed by atoms with Gasteiger partial charge < -0.3 is 14.9 Å². The second kappa shape index (κ2) is 7.00. The number of carbonyl (C=O) groups is 2. The number of aromatic carboxylic acids is 1. The summed E-state index contributed by atoms with van der Waals surface area (Å²) in [5, 5.41) is 18.0. The molecule has 2 aromatic rings. The van der Waals surface area contributed by atoms with Crippen LogP contribution in [0.15, 0.2) is 52.3 Å². The lowest BCUT2D eigenvalue weighted by Gasteiger charge is -2.08. The van der Waals surface area contributed by atoms with E-state index in [0.29, 0.717) is 5.56 Å². The smallest absolute Gasteiger partial charge is 0.335 e. The number of aliphatic carboxylic acids is 1. The van der Waals surface area contributed by atoms with Crippen LogP contribution in [0.5, 0.6) is 5.75 Å². The zero-order valence-corrected chi connectivity index (χ0v) is 12.6. The van der Waals surface area contributed by atoms with E-state index in [1.807, 2.05) is 24.3 Å². The molecule has 2 N–H and O–H groups in total. The summed E-state index contributed by atoms with van der Waals surface area (Å²) in [7, 11) is 1.59. The first-order chi connectivity index (χ1) is 10.5. The molecule has 0 atom stereocenters. The first kappa shape index (κ1) is 15.9. The molecule has 22 heavy (non-hydrogen) atoms. The summed E-state index contributed by atoms with van der Waals surface area (Å²) in [4.78, 5) is 23.7. The van der Waals surface area contributed by atoms with Gasteiger partial charge in [-0.3, -0.25) is 4.79 Å². The van der Waals surface area contributed by atoms with Crippen LogP contribution < -0.4 is 4.74 Å². The summed E-state index contributed by atoms with van der Waals surface area (Å²) in [6.07, 6.45) is -0.321. The predicted molar refractivity (Wildman–Crippen MR) is 81.9 cm³/mol. The van der Waals surface area contributed by atoms with Crippen molar-refractivity contribution in [2.75, 3.05) is 7.11 Å². The minimum atomic E-state index is -1.13. The third-order valence-electron chi connectivity index (χ3n) is 2.94. The molecule has 0 aromatic heterocycles. The van der Waals surface area contributed by atoms with E-state index in [1.54, 1.807) is 19.2 Å². The molecule has 0 fully saturated rings. The fourth-order valence-electron chi connectivity index (χ4n) is 1.93. The average Bonchev–Trinajstić information content (AvgIpc) is 2.47. The Labute approximate surface area is 131 Å². The lowest BCUT2D eigenvalue weighted by molar-refractivity contribution is -0.136. The maximum Gasteiger partial charge on any atom is 0.335 e. The minimum absolute atomic E-state index is 0.0153. The topological polar surface area (TPSA) is 83.8 Å². The van der Waals surface area contributed by atoms with Crippen molar-refractivity contribution in [2.24, 2.45) is 0 Å². The number of methoxy groups -OCH3 is 1. The van der Waals surface area contributed by atoms with E-state index < -0.39 is 11.9 Å². The summed E-state index contributed by atoms with van der Waals surface area (Å²) < 4.78 is 5.08. The van der Waals surface area contributed by atoms with E-state index in [9.17, 15) is 9.59 Å². The van der Waals surface area contributed by atoms with Gasteiger partial charge in [0.15, 0.2) is 0 Å². The van der Waals surface area contributed by atoms with Gasteiger partial charge in [0, 0.05) is 9.79 Å². The van der Waals surface area contributed by atoms with E-state index in [1.165, 1.54) is 17.8 Å². The standard InChI is InChI=1S/C16H14O5S/c1-21-11-2-4-12(5-3-11)22-13-6-7-14(16(19)20)10(8-13)9-15(17)18/h2-8H,9H2,1H3,(H,17,18)(H,19,20). The molecule has 0 heterocycles. The van der Waals surface area contributed by atoms with Crippen molar-refractivity contribution in [2.45, 2.75) is 16.2 Å². The lowest BCUT2D eigenvalue weighted by Crippen LogP contribution is -2.07. The fraction of sp³-hybridized carbons (Fsp3) is 0.125. The summed E-state index contributed by atoms with van der Waals surface area (Å²) in [6, 6.07) is 12.1. The van der Waals surface area contributed by atoms with Gasteiger partial charge >= 0.3 is 11.9 Å². The molecule has 0 saturated carbocycles.